The Morgan fingerprint density at radius 2 is 1.46 bits per heavy atom. The van der Waals surface area contributed by atoms with Crippen LogP contribution in [-0.4, -0.2) is 5.79 Å². The Kier molecular flexibility index (Phi) is 6.86. The number of unbranched alkanes of at least 4 members (excludes halogenated alkanes) is 5. The molecule has 0 saturated heterocycles. The van der Waals surface area contributed by atoms with Crippen LogP contribution in [0.2, 0.25) is 0 Å². The Morgan fingerprint density at radius 1 is 0.923 bits per heavy atom. The van der Waals surface area contributed by atoms with Crippen molar-refractivity contribution < 1.29 is 0 Å². The Hall–Kier alpha value is -0.380. The van der Waals surface area contributed by atoms with Crippen LogP contribution in [0.3, 0.4) is 0 Å². The van der Waals surface area contributed by atoms with Crippen LogP contribution >= 0.6 is 0 Å². The van der Waals surface area contributed by atoms with Crippen molar-refractivity contribution in [1.82, 2.24) is 0 Å². The summed E-state index contributed by atoms with van der Waals surface area (Å²) >= 11 is 0. The van der Waals surface area contributed by atoms with Gasteiger partial charge in [-0.2, -0.15) is 0 Å². The van der Waals surface area contributed by atoms with Crippen LogP contribution < -0.4 is 17.2 Å². The molecular weight excluding hydrogens is 162 g/mol. The highest BCUT2D eigenvalue weighted by atomic mass is 15.1. The minimum absolute atomic E-state index is 0.703. The maximum atomic E-state index is 5.44. The molecule has 0 aromatic carbocycles. The summed E-state index contributed by atoms with van der Waals surface area (Å²) in [7, 11) is 0. The van der Waals surface area contributed by atoms with E-state index >= 15 is 0 Å². The largest absolute Gasteiger partial charge is 0.301 e. The van der Waals surface area contributed by atoms with Gasteiger partial charge in [0, 0.05) is 0 Å². The minimum atomic E-state index is -0.971. The molecule has 13 heavy (non-hydrogen) atoms. The SMILES string of the molecule is C=CCCCCCCCC(N)(N)N. The lowest BCUT2D eigenvalue weighted by molar-refractivity contribution is 0.400. The molecule has 0 aromatic heterocycles. The number of nitrogens with two attached hydrogens (primary N) is 3. The van der Waals surface area contributed by atoms with Crippen molar-refractivity contribution in [3.8, 4) is 0 Å². The van der Waals surface area contributed by atoms with E-state index in [0.717, 1.165) is 12.8 Å². The van der Waals surface area contributed by atoms with Gasteiger partial charge >= 0.3 is 0 Å². The molecule has 0 radical (unpaired) electrons. The van der Waals surface area contributed by atoms with Crippen molar-refractivity contribution in [2.45, 2.75) is 50.7 Å². The molecule has 3 heteroatoms. The Bertz CT molecular complexity index is 127. The molecule has 3 nitrogen and oxygen atoms in total. The third-order valence-corrected chi connectivity index (χ3v) is 2.02. The molecular formula is C10H23N3. The smallest absolute Gasteiger partial charge is 0.115 e. The van der Waals surface area contributed by atoms with Gasteiger partial charge in [-0.25, -0.2) is 0 Å². The number of hydrogen-bond acceptors (Lipinski definition) is 3. The molecule has 0 rings (SSSR count). The van der Waals surface area contributed by atoms with Crippen molar-refractivity contribution in [2.24, 2.45) is 17.2 Å². The summed E-state index contributed by atoms with van der Waals surface area (Å²) in [6.07, 6.45) is 9.72. The first-order valence-corrected chi connectivity index (χ1v) is 5.04. The highest BCUT2D eigenvalue weighted by molar-refractivity contribution is 4.68. The fourth-order valence-electron chi connectivity index (χ4n) is 1.25. The zero-order chi connectivity index (χ0) is 10.2. The van der Waals surface area contributed by atoms with Crippen LogP contribution in [0.5, 0.6) is 0 Å². The maximum absolute atomic E-state index is 5.44. The van der Waals surface area contributed by atoms with E-state index in [1.165, 1.54) is 25.7 Å². The van der Waals surface area contributed by atoms with Gasteiger partial charge in [0.05, 0.1) is 0 Å². The van der Waals surface area contributed by atoms with Gasteiger partial charge in [-0.1, -0.05) is 25.3 Å². The van der Waals surface area contributed by atoms with E-state index in [-0.39, 0.29) is 0 Å². The van der Waals surface area contributed by atoms with Crippen LogP contribution in [0, 0.1) is 0 Å². The maximum Gasteiger partial charge on any atom is 0.115 e. The summed E-state index contributed by atoms with van der Waals surface area (Å²) in [5.74, 6) is -0.971. The lowest BCUT2D eigenvalue weighted by Crippen LogP contribution is -2.57. The van der Waals surface area contributed by atoms with Crippen molar-refractivity contribution in [3.63, 3.8) is 0 Å². The lowest BCUT2D eigenvalue weighted by atomic mass is 10.1. The van der Waals surface area contributed by atoms with E-state index in [0.29, 0.717) is 6.42 Å². The lowest BCUT2D eigenvalue weighted by Gasteiger charge is -2.17. The van der Waals surface area contributed by atoms with Crippen LogP contribution in [0.25, 0.3) is 0 Å². The van der Waals surface area contributed by atoms with Gasteiger partial charge in [0.25, 0.3) is 0 Å². The van der Waals surface area contributed by atoms with Gasteiger partial charge in [0.15, 0.2) is 0 Å². The van der Waals surface area contributed by atoms with E-state index in [2.05, 4.69) is 6.58 Å². The summed E-state index contributed by atoms with van der Waals surface area (Å²) in [6.45, 7) is 3.68. The van der Waals surface area contributed by atoms with E-state index in [1.807, 2.05) is 6.08 Å². The first kappa shape index (κ1) is 12.6. The van der Waals surface area contributed by atoms with Crippen LogP contribution in [0.15, 0.2) is 12.7 Å². The molecule has 0 aromatic rings. The third-order valence-electron chi connectivity index (χ3n) is 2.02. The summed E-state index contributed by atoms with van der Waals surface area (Å²) in [5, 5.41) is 0. The van der Waals surface area contributed by atoms with Gasteiger partial charge in [-0.3, -0.25) is 0 Å². The molecule has 0 bridgehead atoms. The summed E-state index contributed by atoms with van der Waals surface area (Å²) in [4.78, 5) is 0. The average Bonchev–Trinajstić information content (AvgIpc) is 2.01. The predicted molar refractivity (Wildman–Crippen MR) is 57.8 cm³/mol. The number of allylic oxidation sites excluding steroid dienone is 1. The van der Waals surface area contributed by atoms with Crippen LogP contribution in [0.1, 0.15) is 44.9 Å². The second kappa shape index (κ2) is 7.06. The number of hydrogen-bond donors (Lipinski definition) is 3. The van der Waals surface area contributed by atoms with Gasteiger partial charge < -0.3 is 17.2 Å². The summed E-state index contributed by atoms with van der Waals surface area (Å²) in [6, 6.07) is 0. The second-order valence-electron chi connectivity index (χ2n) is 3.71. The zero-order valence-electron chi connectivity index (χ0n) is 8.47. The quantitative estimate of drug-likeness (QED) is 0.304. The van der Waals surface area contributed by atoms with E-state index < -0.39 is 5.79 Å². The Morgan fingerprint density at radius 3 is 2.00 bits per heavy atom. The fraction of sp³-hybridized carbons (Fsp3) is 0.800. The first-order chi connectivity index (χ1) is 6.06. The molecule has 0 spiro atoms. The van der Waals surface area contributed by atoms with Crippen molar-refractivity contribution in [1.29, 1.82) is 0 Å². The van der Waals surface area contributed by atoms with E-state index in [9.17, 15) is 0 Å². The van der Waals surface area contributed by atoms with Crippen molar-refractivity contribution in [2.75, 3.05) is 0 Å². The standard InChI is InChI=1S/C10H23N3/c1-2-3-4-5-6-7-8-9-10(11,12)13/h2H,1,3-9,11-13H2. The molecule has 0 aliphatic rings. The normalized spacial score (nSPS) is 11.6. The highest BCUT2D eigenvalue weighted by Crippen LogP contribution is 2.08. The van der Waals surface area contributed by atoms with Gasteiger partial charge in [0.2, 0.25) is 0 Å². The molecule has 0 unspecified atom stereocenters. The van der Waals surface area contributed by atoms with Gasteiger partial charge in [-0.05, 0) is 25.7 Å². The van der Waals surface area contributed by atoms with Gasteiger partial charge in [-0.15, -0.1) is 6.58 Å². The summed E-state index contributed by atoms with van der Waals surface area (Å²) < 4.78 is 0. The van der Waals surface area contributed by atoms with Crippen LogP contribution in [-0.2, 0) is 0 Å². The Balaban J connectivity index is 3.04. The Labute approximate surface area is 81.4 Å². The predicted octanol–water partition coefficient (Wildman–Crippen LogP) is 1.43. The molecule has 0 saturated carbocycles. The molecule has 78 valence electrons. The molecule has 0 amide bonds. The summed E-state index contributed by atoms with van der Waals surface area (Å²) in [5.41, 5.74) is 16.3. The second-order valence-corrected chi connectivity index (χ2v) is 3.71. The minimum Gasteiger partial charge on any atom is -0.301 e. The van der Waals surface area contributed by atoms with Crippen molar-refractivity contribution >= 4 is 0 Å². The van der Waals surface area contributed by atoms with Gasteiger partial charge in [0.1, 0.15) is 5.79 Å². The molecule has 6 N–H and O–H groups in total. The molecule has 0 heterocycles. The van der Waals surface area contributed by atoms with E-state index in [4.69, 9.17) is 17.2 Å². The zero-order valence-corrected chi connectivity index (χ0v) is 8.47. The first-order valence-electron chi connectivity index (χ1n) is 5.04. The number of rotatable bonds is 8. The molecule has 0 aliphatic heterocycles. The molecule has 0 fully saturated rings. The molecule has 0 aliphatic carbocycles. The highest BCUT2D eigenvalue weighted by Gasteiger charge is 2.09. The third kappa shape index (κ3) is 11.6. The van der Waals surface area contributed by atoms with Crippen LogP contribution in [0.4, 0.5) is 0 Å². The van der Waals surface area contributed by atoms with E-state index in [1.54, 1.807) is 0 Å². The molecule has 0 atom stereocenters. The fourth-order valence-corrected chi connectivity index (χ4v) is 1.25. The monoisotopic (exact) mass is 185 g/mol. The topological polar surface area (TPSA) is 78.1 Å². The average molecular weight is 185 g/mol. The van der Waals surface area contributed by atoms with Crippen molar-refractivity contribution in [3.05, 3.63) is 12.7 Å².